The van der Waals surface area contributed by atoms with Crippen LogP contribution in [0.2, 0.25) is 0 Å². The first-order chi connectivity index (χ1) is 13.8. The van der Waals surface area contributed by atoms with E-state index in [2.05, 4.69) is 59.4 Å². The Kier molecular flexibility index (Phi) is 5.25. The van der Waals surface area contributed by atoms with Crippen LogP contribution in [-0.2, 0) is 0 Å². The zero-order chi connectivity index (χ0) is 19.3. The topological polar surface area (TPSA) is 23.5 Å². The molecule has 28 heavy (non-hydrogen) atoms. The van der Waals surface area contributed by atoms with E-state index in [9.17, 15) is 5.11 Å². The fourth-order valence-electron chi connectivity index (χ4n) is 3.11. The van der Waals surface area contributed by atoms with Crippen LogP contribution in [0.4, 0.5) is 17.1 Å². The van der Waals surface area contributed by atoms with Crippen molar-refractivity contribution in [1.82, 2.24) is 0 Å². The molecule has 4 rings (SSSR count). The molecular weight excluding hydrogens is 362 g/mol. The van der Waals surface area contributed by atoms with Gasteiger partial charge in [-0.2, -0.15) is 0 Å². The number of rotatable bonds is 5. The fraction of sp³-hybridized carbons (Fsp3) is 0.0400. The summed E-state index contributed by atoms with van der Waals surface area (Å²) in [5.41, 5.74) is 4.40. The van der Waals surface area contributed by atoms with Gasteiger partial charge in [-0.25, -0.2) is 0 Å². The Bertz CT molecular complexity index is 1040. The Labute approximate surface area is 169 Å². The van der Waals surface area contributed by atoms with E-state index in [0.29, 0.717) is 0 Å². The van der Waals surface area contributed by atoms with Gasteiger partial charge in [0.1, 0.15) is 6.10 Å². The summed E-state index contributed by atoms with van der Waals surface area (Å²) < 4.78 is 0. The molecule has 0 amide bonds. The van der Waals surface area contributed by atoms with Crippen molar-refractivity contribution in [2.24, 2.45) is 0 Å². The van der Waals surface area contributed by atoms with Crippen molar-refractivity contribution in [1.29, 1.82) is 0 Å². The van der Waals surface area contributed by atoms with E-state index in [1.807, 2.05) is 48.5 Å². The molecule has 0 spiro atoms. The molecule has 3 heteroatoms. The number of aliphatic hydroxyl groups is 1. The van der Waals surface area contributed by atoms with E-state index < -0.39 is 6.10 Å². The van der Waals surface area contributed by atoms with E-state index in [1.165, 1.54) is 11.3 Å². The molecule has 1 heterocycles. The van der Waals surface area contributed by atoms with Gasteiger partial charge in [-0.15, -0.1) is 17.8 Å². The predicted octanol–water partition coefficient (Wildman–Crippen LogP) is 6.55. The highest BCUT2D eigenvalue weighted by Crippen LogP contribution is 2.36. The average molecular weight is 382 g/mol. The molecule has 136 valence electrons. The number of nitrogens with zero attached hydrogens (tertiary/aromatic N) is 1. The number of benzene rings is 3. The normalized spacial score (nSPS) is 11.6. The summed E-state index contributed by atoms with van der Waals surface area (Å²) in [6.07, 6.45) is 4.47. The van der Waals surface area contributed by atoms with Crippen LogP contribution in [0.1, 0.15) is 11.0 Å². The Hall–Kier alpha value is -3.32. The molecule has 0 aliphatic carbocycles. The summed E-state index contributed by atoms with van der Waals surface area (Å²) in [6.45, 7) is 0. The predicted molar refractivity (Wildman–Crippen MR) is 118 cm³/mol. The summed E-state index contributed by atoms with van der Waals surface area (Å²) in [5, 5.41) is 9.83. The number of hydrogen-bond acceptors (Lipinski definition) is 3. The SMILES string of the molecule is C#CC(O)c1ccc(-c2ccc(N(c3ccccc3)c3ccccc3)cc2)s1. The van der Waals surface area contributed by atoms with Crippen molar-refractivity contribution in [3.63, 3.8) is 0 Å². The molecule has 1 N–H and O–H groups in total. The number of hydrogen-bond donors (Lipinski definition) is 1. The number of para-hydroxylation sites is 2. The molecule has 2 nitrogen and oxygen atoms in total. The third-order valence-corrected chi connectivity index (χ3v) is 5.68. The quantitative estimate of drug-likeness (QED) is 0.396. The van der Waals surface area contributed by atoms with Crippen molar-refractivity contribution in [2.45, 2.75) is 6.10 Å². The summed E-state index contributed by atoms with van der Waals surface area (Å²) in [4.78, 5) is 4.10. The maximum absolute atomic E-state index is 9.83. The summed E-state index contributed by atoms with van der Waals surface area (Å²) in [5.74, 6) is 2.37. The largest absolute Gasteiger partial charge is 0.375 e. The number of aliphatic hydroxyl groups excluding tert-OH is 1. The van der Waals surface area contributed by atoms with E-state index in [0.717, 1.165) is 32.4 Å². The Balaban J connectivity index is 1.69. The monoisotopic (exact) mass is 381 g/mol. The first-order valence-electron chi connectivity index (χ1n) is 9.01. The molecule has 0 saturated heterocycles. The van der Waals surface area contributed by atoms with Crippen LogP contribution in [0.3, 0.4) is 0 Å². The first-order valence-corrected chi connectivity index (χ1v) is 9.82. The summed E-state index contributed by atoms with van der Waals surface area (Å²) in [6, 6.07) is 33.0. The van der Waals surface area contributed by atoms with Crippen molar-refractivity contribution < 1.29 is 5.11 Å². The minimum Gasteiger partial charge on any atom is -0.375 e. The highest BCUT2D eigenvalue weighted by atomic mass is 32.1. The highest BCUT2D eigenvalue weighted by Gasteiger charge is 2.13. The van der Waals surface area contributed by atoms with Crippen molar-refractivity contribution >= 4 is 28.4 Å². The number of anilines is 3. The number of terminal acetylenes is 1. The lowest BCUT2D eigenvalue weighted by molar-refractivity contribution is 0.242. The Morgan fingerprint density at radius 1 is 0.714 bits per heavy atom. The summed E-state index contributed by atoms with van der Waals surface area (Å²) >= 11 is 1.52. The van der Waals surface area contributed by atoms with Gasteiger partial charge in [0.2, 0.25) is 0 Å². The Morgan fingerprint density at radius 3 is 1.79 bits per heavy atom. The first kappa shape index (κ1) is 18.1. The zero-order valence-corrected chi connectivity index (χ0v) is 16.0. The van der Waals surface area contributed by atoms with Gasteiger partial charge in [-0.1, -0.05) is 54.5 Å². The molecular formula is C25H19NOS. The van der Waals surface area contributed by atoms with Crippen LogP contribution in [0, 0.1) is 12.3 Å². The van der Waals surface area contributed by atoms with Crippen LogP contribution in [0.25, 0.3) is 10.4 Å². The molecule has 1 atom stereocenters. The van der Waals surface area contributed by atoms with Crippen LogP contribution < -0.4 is 4.90 Å². The third kappa shape index (κ3) is 3.70. The summed E-state index contributed by atoms with van der Waals surface area (Å²) in [7, 11) is 0. The second kappa shape index (κ2) is 8.14. The maximum atomic E-state index is 9.83. The maximum Gasteiger partial charge on any atom is 0.149 e. The lowest BCUT2D eigenvalue weighted by Crippen LogP contribution is -2.09. The van der Waals surface area contributed by atoms with E-state index in [1.54, 1.807) is 0 Å². The molecule has 0 aliphatic heterocycles. The molecule has 1 unspecified atom stereocenters. The van der Waals surface area contributed by atoms with Gasteiger partial charge >= 0.3 is 0 Å². The second-order valence-corrected chi connectivity index (χ2v) is 7.44. The minimum absolute atomic E-state index is 0.789. The molecule has 0 aliphatic rings. The van der Waals surface area contributed by atoms with Crippen LogP contribution in [0.5, 0.6) is 0 Å². The smallest absolute Gasteiger partial charge is 0.149 e. The van der Waals surface area contributed by atoms with E-state index in [-0.39, 0.29) is 0 Å². The molecule has 4 aromatic rings. The van der Waals surface area contributed by atoms with Crippen molar-refractivity contribution in [2.75, 3.05) is 4.90 Å². The second-order valence-electron chi connectivity index (χ2n) is 6.32. The zero-order valence-electron chi connectivity index (χ0n) is 15.2. The molecule has 0 saturated carbocycles. The van der Waals surface area contributed by atoms with Gasteiger partial charge in [0.15, 0.2) is 0 Å². The van der Waals surface area contributed by atoms with Gasteiger partial charge in [-0.3, -0.25) is 0 Å². The highest BCUT2D eigenvalue weighted by molar-refractivity contribution is 7.15. The fourth-order valence-corrected chi connectivity index (χ4v) is 4.07. The van der Waals surface area contributed by atoms with Gasteiger partial charge in [0.25, 0.3) is 0 Å². The van der Waals surface area contributed by atoms with Gasteiger partial charge < -0.3 is 10.0 Å². The van der Waals surface area contributed by atoms with Crippen molar-refractivity contribution in [3.8, 4) is 22.8 Å². The standard InChI is InChI=1S/C25H19NOS/c1-2-23(27)25-18-17-24(28-25)19-13-15-22(16-14-19)26(20-9-5-3-6-10-20)21-11-7-4-8-12-21/h1,3-18,23,27H. The Morgan fingerprint density at radius 2 is 1.25 bits per heavy atom. The molecule has 0 bridgehead atoms. The van der Waals surface area contributed by atoms with E-state index >= 15 is 0 Å². The van der Waals surface area contributed by atoms with Crippen LogP contribution in [0.15, 0.2) is 97.1 Å². The minimum atomic E-state index is -0.843. The molecule has 3 aromatic carbocycles. The van der Waals surface area contributed by atoms with Crippen LogP contribution >= 0.6 is 11.3 Å². The molecule has 1 aromatic heterocycles. The lowest BCUT2D eigenvalue weighted by atomic mass is 10.1. The third-order valence-electron chi connectivity index (χ3n) is 4.49. The van der Waals surface area contributed by atoms with E-state index in [4.69, 9.17) is 6.42 Å². The van der Waals surface area contributed by atoms with Gasteiger partial charge in [-0.05, 0) is 54.1 Å². The van der Waals surface area contributed by atoms with Crippen LogP contribution in [-0.4, -0.2) is 5.11 Å². The number of thiophene rings is 1. The van der Waals surface area contributed by atoms with Gasteiger partial charge in [0, 0.05) is 26.8 Å². The molecule has 0 radical (unpaired) electrons. The molecule has 0 fully saturated rings. The van der Waals surface area contributed by atoms with Crippen molar-refractivity contribution in [3.05, 3.63) is 102 Å². The lowest BCUT2D eigenvalue weighted by Gasteiger charge is -2.25. The van der Waals surface area contributed by atoms with Gasteiger partial charge in [0.05, 0.1) is 0 Å². The average Bonchev–Trinajstić information content (AvgIpc) is 3.26.